The molecular formula is C12H15NO2. The van der Waals surface area contributed by atoms with Crippen molar-refractivity contribution in [3.63, 3.8) is 0 Å². The van der Waals surface area contributed by atoms with Crippen LogP contribution >= 0.6 is 0 Å². The Morgan fingerprint density at radius 1 is 1.27 bits per heavy atom. The normalized spacial score (nSPS) is 11.9. The Morgan fingerprint density at radius 3 is 2.33 bits per heavy atom. The molecule has 1 aromatic carbocycles. The molecule has 1 amide bonds. The van der Waals surface area contributed by atoms with Crippen molar-refractivity contribution < 1.29 is 9.59 Å². The number of para-hydroxylation sites is 1. The summed E-state index contributed by atoms with van der Waals surface area (Å²) in [6, 6.07) is 9.14. The van der Waals surface area contributed by atoms with E-state index in [2.05, 4.69) is 5.32 Å². The molecule has 15 heavy (non-hydrogen) atoms. The fourth-order valence-electron chi connectivity index (χ4n) is 1.41. The molecule has 1 rings (SSSR count). The molecule has 0 fully saturated rings. The molecule has 0 spiro atoms. The molecule has 0 unspecified atom stereocenters. The van der Waals surface area contributed by atoms with Crippen LogP contribution in [0.15, 0.2) is 30.3 Å². The lowest BCUT2D eigenvalue weighted by atomic mass is 10.0. The van der Waals surface area contributed by atoms with Gasteiger partial charge in [-0.2, -0.15) is 0 Å². The second-order valence-electron chi connectivity index (χ2n) is 3.43. The highest BCUT2D eigenvalue weighted by Gasteiger charge is 2.20. The molecule has 1 aromatic rings. The van der Waals surface area contributed by atoms with Crippen molar-refractivity contribution in [1.82, 2.24) is 0 Å². The van der Waals surface area contributed by atoms with Gasteiger partial charge in [-0.3, -0.25) is 9.59 Å². The molecule has 3 nitrogen and oxygen atoms in total. The molecule has 1 atom stereocenters. The van der Waals surface area contributed by atoms with Crippen molar-refractivity contribution in [2.45, 2.75) is 20.3 Å². The number of amides is 1. The van der Waals surface area contributed by atoms with E-state index in [4.69, 9.17) is 0 Å². The van der Waals surface area contributed by atoms with Crippen LogP contribution in [0.1, 0.15) is 20.3 Å². The number of hydrogen-bond donors (Lipinski definition) is 1. The zero-order valence-electron chi connectivity index (χ0n) is 8.99. The molecule has 0 aliphatic rings. The lowest BCUT2D eigenvalue weighted by molar-refractivity contribution is -0.129. The van der Waals surface area contributed by atoms with E-state index in [0.717, 1.165) is 5.69 Å². The summed E-state index contributed by atoms with van der Waals surface area (Å²) in [5.74, 6) is -0.854. The summed E-state index contributed by atoms with van der Waals surface area (Å²) < 4.78 is 0. The van der Waals surface area contributed by atoms with Crippen molar-refractivity contribution in [3.05, 3.63) is 30.3 Å². The molecule has 0 bridgehead atoms. The van der Waals surface area contributed by atoms with E-state index in [9.17, 15) is 9.59 Å². The molecule has 0 saturated heterocycles. The summed E-state index contributed by atoms with van der Waals surface area (Å²) in [5, 5.41) is 2.71. The minimum absolute atomic E-state index is 0.0917. The lowest BCUT2D eigenvalue weighted by Crippen LogP contribution is -2.27. The second-order valence-corrected chi connectivity index (χ2v) is 3.43. The van der Waals surface area contributed by atoms with Crippen LogP contribution in [-0.4, -0.2) is 11.7 Å². The molecule has 0 saturated carbocycles. The summed E-state index contributed by atoms with van der Waals surface area (Å²) in [4.78, 5) is 22.8. The Morgan fingerprint density at radius 2 is 1.87 bits per heavy atom. The smallest absolute Gasteiger partial charge is 0.234 e. The number of rotatable bonds is 4. The first kappa shape index (κ1) is 11.4. The van der Waals surface area contributed by atoms with Gasteiger partial charge in [-0.25, -0.2) is 0 Å². The quantitative estimate of drug-likeness (QED) is 0.766. The molecule has 0 aliphatic carbocycles. The monoisotopic (exact) mass is 205 g/mol. The lowest BCUT2D eigenvalue weighted by Gasteiger charge is -2.11. The first-order chi connectivity index (χ1) is 7.15. The molecule has 3 heteroatoms. The van der Waals surface area contributed by atoms with Gasteiger partial charge >= 0.3 is 0 Å². The molecule has 0 radical (unpaired) electrons. The number of Topliss-reactive ketones (excluding diaryl/α,β-unsaturated/α-hetero) is 1. The minimum Gasteiger partial charge on any atom is -0.325 e. The number of nitrogens with one attached hydrogen (secondary N) is 1. The Hall–Kier alpha value is -1.64. The predicted molar refractivity (Wildman–Crippen MR) is 59.5 cm³/mol. The Labute approximate surface area is 89.5 Å². The van der Waals surface area contributed by atoms with Gasteiger partial charge in [0.05, 0.1) is 5.92 Å². The van der Waals surface area contributed by atoms with Crippen molar-refractivity contribution in [1.29, 1.82) is 0 Å². The molecule has 0 aliphatic heterocycles. The summed E-state index contributed by atoms with van der Waals surface area (Å²) in [7, 11) is 0. The van der Waals surface area contributed by atoms with Gasteiger partial charge in [0, 0.05) is 5.69 Å². The van der Waals surface area contributed by atoms with Crippen molar-refractivity contribution in [2.24, 2.45) is 5.92 Å². The minimum atomic E-state index is -0.537. The van der Waals surface area contributed by atoms with Gasteiger partial charge in [0.2, 0.25) is 5.91 Å². The van der Waals surface area contributed by atoms with E-state index in [0.29, 0.717) is 6.42 Å². The van der Waals surface area contributed by atoms with Crippen LogP contribution < -0.4 is 5.32 Å². The maximum atomic E-state index is 11.7. The summed E-state index contributed by atoms with van der Waals surface area (Å²) >= 11 is 0. The Balaban J connectivity index is 2.66. The van der Waals surface area contributed by atoms with Crippen molar-refractivity contribution >= 4 is 17.4 Å². The zero-order chi connectivity index (χ0) is 11.3. The van der Waals surface area contributed by atoms with E-state index in [1.54, 1.807) is 12.1 Å². The SMILES string of the molecule is CC[C@@H](C(C)=O)C(=O)Nc1ccccc1. The molecule has 0 aromatic heterocycles. The fraction of sp³-hybridized carbons (Fsp3) is 0.333. The standard InChI is InChI=1S/C12H15NO2/c1-3-11(9(2)14)12(15)13-10-7-5-4-6-8-10/h4-8,11H,3H2,1-2H3,(H,13,15)/t11-/m0/s1. The second kappa shape index (κ2) is 5.29. The summed E-state index contributed by atoms with van der Waals surface area (Å²) in [6.07, 6.45) is 0.536. The van der Waals surface area contributed by atoms with Crippen LogP contribution in [0.25, 0.3) is 0 Å². The summed E-state index contributed by atoms with van der Waals surface area (Å²) in [5.41, 5.74) is 0.724. The Kier molecular flexibility index (Phi) is 4.03. The van der Waals surface area contributed by atoms with Crippen LogP contribution in [0.4, 0.5) is 5.69 Å². The van der Waals surface area contributed by atoms with Gasteiger partial charge in [0.15, 0.2) is 0 Å². The van der Waals surface area contributed by atoms with Crippen LogP contribution in [0.3, 0.4) is 0 Å². The highest BCUT2D eigenvalue weighted by molar-refractivity contribution is 6.06. The van der Waals surface area contributed by atoms with Gasteiger partial charge in [-0.1, -0.05) is 25.1 Å². The number of carbonyl (C=O) groups is 2. The third-order valence-corrected chi connectivity index (χ3v) is 2.26. The van der Waals surface area contributed by atoms with Gasteiger partial charge in [-0.15, -0.1) is 0 Å². The van der Waals surface area contributed by atoms with E-state index < -0.39 is 5.92 Å². The topological polar surface area (TPSA) is 46.2 Å². The van der Waals surface area contributed by atoms with Gasteiger partial charge < -0.3 is 5.32 Å². The van der Waals surface area contributed by atoms with E-state index >= 15 is 0 Å². The summed E-state index contributed by atoms with van der Waals surface area (Å²) in [6.45, 7) is 3.27. The fourth-order valence-corrected chi connectivity index (χ4v) is 1.41. The van der Waals surface area contributed by atoms with Crippen LogP contribution in [0.5, 0.6) is 0 Å². The highest BCUT2D eigenvalue weighted by Crippen LogP contribution is 2.10. The van der Waals surface area contributed by atoms with Crippen molar-refractivity contribution in [3.8, 4) is 0 Å². The first-order valence-corrected chi connectivity index (χ1v) is 5.01. The van der Waals surface area contributed by atoms with E-state index in [-0.39, 0.29) is 11.7 Å². The number of anilines is 1. The van der Waals surface area contributed by atoms with Gasteiger partial charge in [0.25, 0.3) is 0 Å². The van der Waals surface area contributed by atoms with Gasteiger partial charge in [0.1, 0.15) is 5.78 Å². The number of benzene rings is 1. The average molecular weight is 205 g/mol. The highest BCUT2D eigenvalue weighted by atomic mass is 16.2. The Bertz CT molecular complexity index is 346. The number of carbonyl (C=O) groups excluding carboxylic acids is 2. The van der Waals surface area contributed by atoms with Crippen LogP contribution in [0, 0.1) is 5.92 Å². The average Bonchev–Trinajstić information content (AvgIpc) is 2.19. The van der Waals surface area contributed by atoms with Crippen LogP contribution in [-0.2, 0) is 9.59 Å². The van der Waals surface area contributed by atoms with Gasteiger partial charge in [-0.05, 0) is 25.5 Å². The molecule has 80 valence electrons. The molecule has 0 heterocycles. The third-order valence-electron chi connectivity index (χ3n) is 2.26. The zero-order valence-corrected chi connectivity index (χ0v) is 8.99. The van der Waals surface area contributed by atoms with E-state index in [1.165, 1.54) is 6.92 Å². The third kappa shape index (κ3) is 3.20. The molecule has 1 N–H and O–H groups in total. The van der Waals surface area contributed by atoms with Crippen molar-refractivity contribution in [2.75, 3.05) is 5.32 Å². The maximum absolute atomic E-state index is 11.7. The number of hydrogen-bond acceptors (Lipinski definition) is 2. The van der Waals surface area contributed by atoms with E-state index in [1.807, 2.05) is 25.1 Å². The largest absolute Gasteiger partial charge is 0.325 e. The molecular weight excluding hydrogens is 190 g/mol. The number of ketones is 1. The first-order valence-electron chi connectivity index (χ1n) is 5.01. The van der Waals surface area contributed by atoms with Crippen LogP contribution in [0.2, 0.25) is 0 Å². The predicted octanol–water partition coefficient (Wildman–Crippen LogP) is 2.24. The maximum Gasteiger partial charge on any atom is 0.234 e.